The Hall–Kier alpha value is -2.15. The second-order valence-corrected chi connectivity index (χ2v) is 11.8. The highest BCUT2D eigenvalue weighted by molar-refractivity contribution is 5.83. The number of aryl methyl sites for hydroxylation is 1. The monoisotopic (exact) mass is 454 g/mol. The van der Waals surface area contributed by atoms with Gasteiger partial charge in [-0.3, -0.25) is 4.79 Å². The average Bonchev–Trinajstić information content (AvgIpc) is 3.26. The molecule has 0 heterocycles. The van der Waals surface area contributed by atoms with E-state index in [1.54, 1.807) is 16.7 Å². The highest BCUT2D eigenvalue weighted by Crippen LogP contribution is 2.46. The van der Waals surface area contributed by atoms with Gasteiger partial charge in [0.1, 0.15) is 5.78 Å². The molecule has 1 unspecified atom stereocenters. The van der Waals surface area contributed by atoms with Crippen molar-refractivity contribution < 1.29 is 4.79 Å². The van der Waals surface area contributed by atoms with E-state index in [1.807, 2.05) is 0 Å². The summed E-state index contributed by atoms with van der Waals surface area (Å²) < 4.78 is 0. The molecule has 4 aliphatic carbocycles. The molecule has 5 rings (SSSR count). The number of rotatable bonds is 6. The van der Waals surface area contributed by atoms with Gasteiger partial charge in [-0.25, -0.2) is 0 Å². The second kappa shape index (κ2) is 10.2. The van der Waals surface area contributed by atoms with E-state index in [-0.39, 0.29) is 5.92 Å². The van der Waals surface area contributed by atoms with Crippen LogP contribution < -0.4 is 0 Å². The lowest BCUT2D eigenvalue weighted by Gasteiger charge is -2.30. The van der Waals surface area contributed by atoms with E-state index in [0.29, 0.717) is 17.6 Å². The van der Waals surface area contributed by atoms with Crippen LogP contribution >= 0.6 is 0 Å². The van der Waals surface area contributed by atoms with E-state index in [1.165, 1.54) is 68.1 Å². The fourth-order valence-corrected chi connectivity index (χ4v) is 6.85. The molecular formula is C33H42O. The standard InChI is InChI=1S/C33H42O/c1-22(2)33(34)28-15-11-24(12-16-28)17-25-18-30-20-29(26-13-9-23(3)10-14-26)21-32(31(30)19-25)27-7-5-4-6-8-27/h9-10,13-14,18-22,24,27-28,30H,4-8,11-12,15-17H2,1-3H3. The first-order chi connectivity index (χ1) is 16.5. The zero-order valence-corrected chi connectivity index (χ0v) is 21.5. The summed E-state index contributed by atoms with van der Waals surface area (Å²) >= 11 is 0. The SMILES string of the molecule is Cc1ccc(C2=CC3C=C(CC4CCC(C(=O)C(C)C)CC4)C=C3C(C3CCCCC3)=C2)cc1. The van der Waals surface area contributed by atoms with Crippen molar-refractivity contribution in [2.24, 2.45) is 29.6 Å². The first kappa shape index (κ1) is 23.6. The predicted molar refractivity (Wildman–Crippen MR) is 143 cm³/mol. The van der Waals surface area contributed by atoms with Crippen molar-refractivity contribution >= 4 is 11.4 Å². The van der Waals surface area contributed by atoms with Gasteiger partial charge in [-0.05, 0) is 86.0 Å². The highest BCUT2D eigenvalue weighted by Gasteiger charge is 2.32. The van der Waals surface area contributed by atoms with Crippen LogP contribution in [0.25, 0.3) is 5.57 Å². The van der Waals surface area contributed by atoms with Crippen molar-refractivity contribution in [1.82, 2.24) is 0 Å². The molecule has 34 heavy (non-hydrogen) atoms. The van der Waals surface area contributed by atoms with Crippen LogP contribution in [0.2, 0.25) is 0 Å². The van der Waals surface area contributed by atoms with Gasteiger partial charge >= 0.3 is 0 Å². The Morgan fingerprint density at radius 2 is 1.56 bits per heavy atom. The molecule has 2 saturated carbocycles. The van der Waals surface area contributed by atoms with Crippen LogP contribution in [0, 0.1) is 36.5 Å². The first-order valence-electron chi connectivity index (χ1n) is 13.9. The van der Waals surface area contributed by atoms with Gasteiger partial charge in [-0.1, -0.05) is 92.8 Å². The molecular weight excluding hydrogens is 412 g/mol. The van der Waals surface area contributed by atoms with Gasteiger partial charge < -0.3 is 0 Å². The number of benzene rings is 1. The van der Waals surface area contributed by atoms with E-state index in [4.69, 9.17) is 0 Å². The minimum Gasteiger partial charge on any atom is -0.299 e. The van der Waals surface area contributed by atoms with Gasteiger partial charge in [0, 0.05) is 17.8 Å². The smallest absolute Gasteiger partial charge is 0.138 e. The molecule has 0 amide bonds. The summed E-state index contributed by atoms with van der Waals surface area (Å²) in [7, 11) is 0. The molecule has 0 aliphatic heterocycles. The second-order valence-electron chi connectivity index (χ2n) is 11.8. The molecule has 1 aromatic rings. The maximum absolute atomic E-state index is 12.4. The molecule has 0 aromatic heterocycles. The van der Waals surface area contributed by atoms with Gasteiger partial charge in [-0.2, -0.15) is 0 Å². The van der Waals surface area contributed by atoms with E-state index < -0.39 is 0 Å². The number of hydrogen-bond donors (Lipinski definition) is 0. The summed E-state index contributed by atoms with van der Waals surface area (Å²) in [6, 6.07) is 9.07. The third kappa shape index (κ3) is 5.09. The van der Waals surface area contributed by atoms with Crippen LogP contribution in [0.3, 0.4) is 0 Å². The number of ketones is 1. The van der Waals surface area contributed by atoms with Gasteiger partial charge in [0.2, 0.25) is 0 Å². The van der Waals surface area contributed by atoms with Crippen LogP contribution in [0.1, 0.15) is 89.2 Å². The van der Waals surface area contributed by atoms with E-state index >= 15 is 0 Å². The Kier molecular flexibility index (Phi) is 7.09. The molecule has 0 N–H and O–H groups in total. The Bertz CT molecular complexity index is 1010. The molecule has 4 aliphatic rings. The lowest BCUT2D eigenvalue weighted by Crippen LogP contribution is -2.25. The summed E-state index contributed by atoms with van der Waals surface area (Å²) in [6.45, 7) is 6.28. The topological polar surface area (TPSA) is 17.1 Å². The maximum atomic E-state index is 12.4. The number of carbonyl (C=O) groups is 1. The van der Waals surface area contributed by atoms with Crippen molar-refractivity contribution in [3.8, 4) is 0 Å². The van der Waals surface area contributed by atoms with Crippen molar-refractivity contribution in [3.63, 3.8) is 0 Å². The van der Waals surface area contributed by atoms with Crippen LogP contribution in [0.15, 0.2) is 65.3 Å². The molecule has 1 heteroatoms. The number of fused-ring (bicyclic) bond motifs is 1. The summed E-state index contributed by atoms with van der Waals surface area (Å²) in [5.74, 6) is 2.89. The third-order valence-electron chi connectivity index (χ3n) is 8.87. The van der Waals surface area contributed by atoms with Crippen LogP contribution in [-0.2, 0) is 4.79 Å². The predicted octanol–water partition coefficient (Wildman–Crippen LogP) is 8.80. The van der Waals surface area contributed by atoms with Gasteiger partial charge in [0.05, 0.1) is 0 Å². The molecule has 0 saturated heterocycles. The number of hydrogen-bond acceptors (Lipinski definition) is 1. The lowest BCUT2D eigenvalue weighted by molar-refractivity contribution is -0.127. The van der Waals surface area contributed by atoms with Gasteiger partial charge in [-0.15, -0.1) is 0 Å². The molecule has 180 valence electrons. The summed E-state index contributed by atoms with van der Waals surface area (Å²) in [4.78, 5) is 12.4. The minimum atomic E-state index is 0.187. The van der Waals surface area contributed by atoms with Crippen molar-refractivity contribution in [2.75, 3.05) is 0 Å². The van der Waals surface area contributed by atoms with E-state index in [9.17, 15) is 4.79 Å². The van der Waals surface area contributed by atoms with Crippen molar-refractivity contribution in [2.45, 2.75) is 85.0 Å². The fourth-order valence-electron chi connectivity index (χ4n) is 6.85. The summed E-state index contributed by atoms with van der Waals surface area (Å²) in [5, 5.41) is 0. The average molecular weight is 455 g/mol. The Balaban J connectivity index is 1.34. The molecule has 0 bridgehead atoms. The minimum absolute atomic E-state index is 0.187. The first-order valence-corrected chi connectivity index (χ1v) is 13.9. The molecule has 0 radical (unpaired) electrons. The van der Waals surface area contributed by atoms with E-state index in [2.05, 4.69) is 69.3 Å². The van der Waals surface area contributed by atoms with Crippen LogP contribution in [-0.4, -0.2) is 5.78 Å². The Labute approximate surface area is 207 Å². The third-order valence-corrected chi connectivity index (χ3v) is 8.87. The fraction of sp³-hybridized carbons (Fsp3) is 0.545. The molecule has 0 spiro atoms. The van der Waals surface area contributed by atoms with Crippen LogP contribution in [0.5, 0.6) is 0 Å². The Morgan fingerprint density at radius 1 is 0.853 bits per heavy atom. The number of allylic oxidation sites excluding steroid dienone is 8. The highest BCUT2D eigenvalue weighted by atomic mass is 16.1. The normalized spacial score (nSPS) is 27.6. The van der Waals surface area contributed by atoms with Gasteiger partial charge in [0.15, 0.2) is 0 Å². The largest absolute Gasteiger partial charge is 0.299 e. The molecule has 2 fully saturated rings. The van der Waals surface area contributed by atoms with E-state index in [0.717, 1.165) is 24.7 Å². The quantitative estimate of drug-likeness (QED) is 0.420. The van der Waals surface area contributed by atoms with Crippen LogP contribution in [0.4, 0.5) is 0 Å². The molecule has 1 nitrogen and oxygen atoms in total. The van der Waals surface area contributed by atoms with Gasteiger partial charge in [0.25, 0.3) is 0 Å². The van der Waals surface area contributed by atoms with Crippen molar-refractivity contribution in [3.05, 3.63) is 76.4 Å². The number of carbonyl (C=O) groups excluding carboxylic acids is 1. The summed E-state index contributed by atoms with van der Waals surface area (Å²) in [6.07, 6.45) is 22.8. The zero-order chi connectivity index (χ0) is 23.7. The Morgan fingerprint density at radius 3 is 2.24 bits per heavy atom. The molecule has 1 aromatic carbocycles. The number of Topliss-reactive ketones (excluding diaryl/α,β-unsaturated/α-hetero) is 1. The zero-order valence-electron chi connectivity index (χ0n) is 21.5. The van der Waals surface area contributed by atoms with Crippen molar-refractivity contribution in [1.29, 1.82) is 0 Å². The maximum Gasteiger partial charge on any atom is 0.138 e. The lowest BCUT2D eigenvalue weighted by atomic mass is 9.74. The summed E-state index contributed by atoms with van der Waals surface area (Å²) in [5.41, 5.74) is 8.84. The molecule has 1 atom stereocenters.